The second-order valence-corrected chi connectivity index (χ2v) is 5.56. The van der Waals surface area contributed by atoms with Crippen LogP contribution in [0.1, 0.15) is 11.1 Å². The Hall–Kier alpha value is -1.38. The van der Waals surface area contributed by atoms with E-state index >= 15 is 0 Å². The maximum atomic E-state index is 13.0. The summed E-state index contributed by atoms with van der Waals surface area (Å²) in [4.78, 5) is 0. The highest BCUT2D eigenvalue weighted by atomic mass is 79.9. The zero-order chi connectivity index (χ0) is 13.8. The molecule has 0 heterocycles. The number of hydrogen-bond acceptors (Lipinski definition) is 2. The summed E-state index contributed by atoms with van der Waals surface area (Å²) in [6.45, 7) is 0.201. The molecule has 0 unspecified atom stereocenters. The molecule has 0 spiro atoms. The van der Waals surface area contributed by atoms with Crippen molar-refractivity contribution < 1.29 is 9.13 Å². The third-order valence-corrected chi connectivity index (χ3v) is 3.45. The highest BCUT2D eigenvalue weighted by Crippen LogP contribution is 2.33. The lowest BCUT2D eigenvalue weighted by Gasteiger charge is -2.10. The predicted molar refractivity (Wildman–Crippen MR) is 77.3 cm³/mol. The molecule has 0 atom stereocenters. The van der Waals surface area contributed by atoms with Gasteiger partial charge in [-0.3, -0.25) is 0 Å². The molecule has 0 amide bonds. The number of rotatable bonds is 3. The second kappa shape index (κ2) is 6.18. The average Bonchev–Trinajstić information content (AvgIpc) is 2.37. The van der Waals surface area contributed by atoms with Gasteiger partial charge in [-0.15, -0.1) is 0 Å². The van der Waals surface area contributed by atoms with E-state index in [0.717, 1.165) is 4.47 Å². The molecule has 0 bridgehead atoms. The molecule has 2 aromatic rings. The van der Waals surface area contributed by atoms with Gasteiger partial charge in [-0.25, -0.2) is 4.39 Å². The molecule has 0 saturated heterocycles. The van der Waals surface area contributed by atoms with Crippen molar-refractivity contribution in [3.05, 3.63) is 62.3 Å². The van der Waals surface area contributed by atoms with E-state index in [-0.39, 0.29) is 12.4 Å². The van der Waals surface area contributed by atoms with Gasteiger partial charge in [0.1, 0.15) is 18.5 Å². The maximum absolute atomic E-state index is 13.0. The molecule has 0 N–H and O–H groups in total. The molecule has 96 valence electrons. The monoisotopic (exact) mass is 383 g/mol. The molecular weight excluding hydrogens is 377 g/mol. The van der Waals surface area contributed by atoms with Crippen LogP contribution in [-0.2, 0) is 6.61 Å². The standard InChI is InChI=1S/C14H8Br2FNO/c15-11-5-10(7-18)14(13(16)6-11)19-8-9-2-1-3-12(17)4-9/h1-6H,8H2. The quantitative estimate of drug-likeness (QED) is 0.761. The topological polar surface area (TPSA) is 33.0 Å². The van der Waals surface area contributed by atoms with Gasteiger partial charge in [0.05, 0.1) is 10.0 Å². The van der Waals surface area contributed by atoms with E-state index in [0.29, 0.717) is 21.3 Å². The second-order valence-electron chi connectivity index (χ2n) is 3.79. The van der Waals surface area contributed by atoms with Crippen LogP contribution >= 0.6 is 31.9 Å². The Morgan fingerprint density at radius 3 is 2.68 bits per heavy atom. The van der Waals surface area contributed by atoms with Gasteiger partial charge in [0.25, 0.3) is 0 Å². The molecule has 2 aromatic carbocycles. The van der Waals surface area contributed by atoms with E-state index in [2.05, 4.69) is 37.9 Å². The first-order chi connectivity index (χ1) is 9.10. The smallest absolute Gasteiger partial charge is 0.151 e. The third kappa shape index (κ3) is 3.55. The van der Waals surface area contributed by atoms with Crippen LogP contribution < -0.4 is 4.74 Å². The van der Waals surface area contributed by atoms with Crippen LogP contribution in [0.15, 0.2) is 45.3 Å². The Morgan fingerprint density at radius 1 is 1.21 bits per heavy atom. The van der Waals surface area contributed by atoms with Crippen LogP contribution in [0.3, 0.4) is 0 Å². The van der Waals surface area contributed by atoms with E-state index < -0.39 is 0 Å². The van der Waals surface area contributed by atoms with Crippen LogP contribution in [0.5, 0.6) is 5.75 Å². The Balaban J connectivity index is 2.23. The molecule has 0 aliphatic heterocycles. The Morgan fingerprint density at radius 2 is 2.00 bits per heavy atom. The maximum Gasteiger partial charge on any atom is 0.151 e. The fourth-order valence-corrected chi connectivity index (χ4v) is 2.91. The minimum absolute atomic E-state index is 0.201. The zero-order valence-corrected chi connectivity index (χ0v) is 12.8. The van der Waals surface area contributed by atoms with Crippen molar-refractivity contribution in [2.24, 2.45) is 0 Å². The van der Waals surface area contributed by atoms with Gasteiger partial charge < -0.3 is 4.74 Å². The van der Waals surface area contributed by atoms with Crippen molar-refractivity contribution >= 4 is 31.9 Å². The largest absolute Gasteiger partial charge is 0.486 e. The van der Waals surface area contributed by atoms with Crippen LogP contribution in [0.2, 0.25) is 0 Å². The van der Waals surface area contributed by atoms with Crippen LogP contribution in [-0.4, -0.2) is 0 Å². The Bertz CT molecular complexity index is 652. The molecule has 19 heavy (non-hydrogen) atoms. The SMILES string of the molecule is N#Cc1cc(Br)cc(Br)c1OCc1cccc(F)c1. The van der Waals surface area contributed by atoms with E-state index in [9.17, 15) is 4.39 Å². The highest BCUT2D eigenvalue weighted by Gasteiger charge is 2.10. The number of nitrogens with zero attached hydrogens (tertiary/aromatic N) is 1. The van der Waals surface area contributed by atoms with Gasteiger partial charge in [0.2, 0.25) is 0 Å². The van der Waals surface area contributed by atoms with E-state index in [1.165, 1.54) is 12.1 Å². The lowest BCUT2D eigenvalue weighted by atomic mass is 10.2. The fourth-order valence-electron chi connectivity index (χ4n) is 1.57. The van der Waals surface area contributed by atoms with Gasteiger partial charge in [-0.2, -0.15) is 5.26 Å². The highest BCUT2D eigenvalue weighted by molar-refractivity contribution is 9.11. The zero-order valence-electron chi connectivity index (χ0n) is 9.66. The van der Waals surface area contributed by atoms with Crippen molar-refractivity contribution in [2.75, 3.05) is 0 Å². The van der Waals surface area contributed by atoms with Crippen LogP contribution in [0.4, 0.5) is 4.39 Å². The first-order valence-corrected chi connectivity index (χ1v) is 6.95. The lowest BCUT2D eigenvalue weighted by Crippen LogP contribution is -1.98. The number of ether oxygens (including phenoxy) is 1. The molecule has 0 saturated carbocycles. The summed E-state index contributed by atoms with van der Waals surface area (Å²) < 4.78 is 20.1. The van der Waals surface area contributed by atoms with Gasteiger partial charge in [0, 0.05) is 4.47 Å². The van der Waals surface area contributed by atoms with E-state index in [1.807, 2.05) is 0 Å². The molecule has 0 aliphatic rings. The van der Waals surface area contributed by atoms with Crippen LogP contribution in [0, 0.1) is 17.1 Å². The first kappa shape index (κ1) is 14.0. The van der Waals surface area contributed by atoms with Crippen LogP contribution in [0.25, 0.3) is 0 Å². The third-order valence-electron chi connectivity index (χ3n) is 2.40. The molecule has 0 fully saturated rings. The van der Waals surface area contributed by atoms with Crippen molar-refractivity contribution in [3.8, 4) is 11.8 Å². The van der Waals surface area contributed by atoms with Gasteiger partial charge in [-0.05, 0) is 45.8 Å². The lowest BCUT2D eigenvalue weighted by molar-refractivity contribution is 0.302. The number of nitriles is 1. The van der Waals surface area contributed by atoms with Gasteiger partial charge in [0.15, 0.2) is 5.75 Å². The van der Waals surface area contributed by atoms with Crippen molar-refractivity contribution in [1.82, 2.24) is 0 Å². The summed E-state index contributed by atoms with van der Waals surface area (Å²) in [5, 5.41) is 9.08. The first-order valence-electron chi connectivity index (χ1n) is 5.36. The summed E-state index contributed by atoms with van der Waals surface area (Å²) in [5.74, 6) is 0.145. The average molecular weight is 385 g/mol. The number of halogens is 3. The fraction of sp³-hybridized carbons (Fsp3) is 0.0714. The Labute approximate surface area is 127 Å². The Kier molecular flexibility index (Phi) is 4.56. The summed E-state index contributed by atoms with van der Waals surface area (Å²) >= 11 is 6.65. The van der Waals surface area contributed by atoms with Crippen molar-refractivity contribution in [1.29, 1.82) is 5.26 Å². The molecular formula is C14H8Br2FNO. The van der Waals surface area contributed by atoms with E-state index in [4.69, 9.17) is 10.00 Å². The molecule has 0 radical (unpaired) electrons. The predicted octanol–water partition coefficient (Wildman–Crippen LogP) is 4.80. The summed E-state index contributed by atoms with van der Waals surface area (Å²) in [7, 11) is 0. The van der Waals surface area contributed by atoms with Crippen molar-refractivity contribution in [3.63, 3.8) is 0 Å². The molecule has 0 aliphatic carbocycles. The summed E-state index contributed by atoms with van der Waals surface area (Å²) in [6, 6.07) is 11.7. The normalized spacial score (nSPS) is 10.0. The molecule has 2 nitrogen and oxygen atoms in total. The van der Waals surface area contributed by atoms with Gasteiger partial charge >= 0.3 is 0 Å². The van der Waals surface area contributed by atoms with E-state index in [1.54, 1.807) is 24.3 Å². The molecule has 5 heteroatoms. The number of benzene rings is 2. The van der Waals surface area contributed by atoms with Gasteiger partial charge in [-0.1, -0.05) is 28.1 Å². The summed E-state index contributed by atoms with van der Waals surface area (Å²) in [5.41, 5.74) is 1.12. The number of hydrogen-bond donors (Lipinski definition) is 0. The molecule has 2 rings (SSSR count). The van der Waals surface area contributed by atoms with Crippen molar-refractivity contribution in [2.45, 2.75) is 6.61 Å². The molecule has 0 aromatic heterocycles. The summed E-state index contributed by atoms with van der Waals surface area (Å²) in [6.07, 6.45) is 0. The minimum Gasteiger partial charge on any atom is -0.486 e. The minimum atomic E-state index is -0.309.